The first-order valence-corrected chi connectivity index (χ1v) is 12.9. The van der Waals surface area contributed by atoms with E-state index in [1.54, 1.807) is 27.7 Å². The van der Waals surface area contributed by atoms with E-state index in [2.05, 4.69) is 0 Å². The van der Waals surface area contributed by atoms with E-state index in [1.165, 1.54) is 27.7 Å². The van der Waals surface area contributed by atoms with Crippen molar-refractivity contribution in [2.24, 2.45) is 10.8 Å². The van der Waals surface area contributed by atoms with Gasteiger partial charge in [0.2, 0.25) is 0 Å². The van der Waals surface area contributed by atoms with Gasteiger partial charge < -0.3 is 60.7 Å². The van der Waals surface area contributed by atoms with E-state index < -0.39 is 82.9 Å². The quantitative estimate of drug-likeness (QED) is 0.106. The molecule has 2 unspecified atom stereocenters. The third-order valence-electron chi connectivity index (χ3n) is 6.31. The first kappa shape index (κ1) is 50.2. The van der Waals surface area contributed by atoms with E-state index in [0.29, 0.717) is 0 Å². The molecule has 0 bridgehead atoms. The van der Waals surface area contributed by atoms with Crippen LogP contribution >= 0.6 is 0 Å². The maximum absolute atomic E-state index is 11.2. The Kier molecular flexibility index (Phi) is 25.8. The van der Waals surface area contributed by atoms with Crippen LogP contribution in [-0.2, 0) is 55.0 Å². The number of carbonyl (C=O) groups excluding carboxylic acids is 2. The minimum absolute atomic E-state index is 0. The van der Waals surface area contributed by atoms with E-state index in [9.17, 15) is 59.4 Å². The van der Waals surface area contributed by atoms with Gasteiger partial charge in [-0.05, 0) is 25.7 Å². The van der Waals surface area contributed by atoms with E-state index in [0.717, 1.165) is 0 Å². The summed E-state index contributed by atoms with van der Waals surface area (Å²) in [6.45, 7) is 11.9. The minimum atomic E-state index is -2.95. The average Bonchev–Trinajstić information content (AvgIpc) is 2.79. The molecule has 0 spiro atoms. The molecule has 0 saturated heterocycles. The van der Waals surface area contributed by atoms with Crippen molar-refractivity contribution < 1.29 is 106 Å². The van der Waals surface area contributed by atoms with Gasteiger partial charge in [-0.15, -0.1) is 12.2 Å². The van der Waals surface area contributed by atoms with Crippen LogP contribution < -0.4 is 20.4 Å². The fourth-order valence-corrected chi connectivity index (χ4v) is 3.93. The zero-order valence-electron chi connectivity index (χ0n) is 25.7. The van der Waals surface area contributed by atoms with Crippen molar-refractivity contribution in [3.05, 3.63) is 0 Å². The van der Waals surface area contributed by atoms with Crippen LogP contribution in [0, 0.1) is 10.8 Å². The van der Waals surface area contributed by atoms with Crippen LogP contribution in [-0.4, -0.2) is 89.9 Å². The third kappa shape index (κ3) is 14.7. The van der Waals surface area contributed by atoms with Crippen molar-refractivity contribution in [1.82, 2.24) is 0 Å². The molecule has 2 atom stereocenters. The van der Waals surface area contributed by atoms with Gasteiger partial charge in [-0.3, -0.25) is 9.59 Å². The fourth-order valence-electron chi connectivity index (χ4n) is 3.93. The maximum atomic E-state index is 11.2. The van der Waals surface area contributed by atoms with E-state index in [1.807, 2.05) is 0 Å². The van der Waals surface area contributed by atoms with Gasteiger partial charge in [-0.25, -0.2) is 9.59 Å². The van der Waals surface area contributed by atoms with Crippen molar-refractivity contribution in [3.8, 4) is 0 Å². The molecule has 43 heavy (non-hydrogen) atoms. The van der Waals surface area contributed by atoms with E-state index in [4.69, 9.17) is 20.4 Å². The summed E-state index contributed by atoms with van der Waals surface area (Å²) >= 11 is 0. The van der Waals surface area contributed by atoms with Gasteiger partial charge in [-0.1, -0.05) is 55.4 Å². The molecule has 0 fully saturated rings. The minimum Gasteiger partial charge on any atom is -0.852 e. The van der Waals surface area contributed by atoms with Gasteiger partial charge in [0.05, 0.1) is 12.4 Å². The van der Waals surface area contributed by atoms with Crippen LogP contribution in [0.5, 0.6) is 0 Å². The molecule has 0 aliphatic carbocycles. The summed E-state index contributed by atoms with van der Waals surface area (Å²) in [7, 11) is 0. The van der Waals surface area contributed by atoms with Crippen LogP contribution in [0.15, 0.2) is 0 Å². The molecule has 0 aromatic heterocycles. The SMILES string of the molecule is CC(C)[O-].CC(C)[O-].CCC(CC)(C(=O)O)C(O)(CC(=O)O)C(=O)O.CCC(CC)(C(=O)[O-])C(O)(CC(=O)[O-])C(=O)O.[Zr+4]. The van der Waals surface area contributed by atoms with E-state index >= 15 is 0 Å². The molecular formula is C26H44O16Zr. The van der Waals surface area contributed by atoms with Gasteiger partial charge in [0.25, 0.3) is 0 Å². The van der Waals surface area contributed by atoms with Crippen molar-refractivity contribution in [3.63, 3.8) is 0 Å². The molecular weight excluding hydrogens is 659 g/mol. The summed E-state index contributed by atoms with van der Waals surface area (Å²) in [5, 5.41) is 96.0. The topological polar surface area (TPSA) is 316 Å². The number of carboxylic acids is 6. The molecule has 17 heteroatoms. The zero-order chi connectivity index (χ0) is 34.9. The second-order valence-corrected chi connectivity index (χ2v) is 9.72. The van der Waals surface area contributed by atoms with Crippen LogP contribution in [0.25, 0.3) is 0 Å². The van der Waals surface area contributed by atoms with Gasteiger partial charge >= 0.3 is 50.1 Å². The zero-order valence-corrected chi connectivity index (χ0v) is 28.1. The van der Waals surface area contributed by atoms with Gasteiger partial charge in [0.1, 0.15) is 5.41 Å². The third-order valence-corrected chi connectivity index (χ3v) is 6.31. The Labute approximate surface area is 269 Å². The number of hydrogen-bond donors (Lipinski definition) is 6. The Hall–Kier alpha value is -2.46. The predicted molar refractivity (Wildman–Crippen MR) is 136 cm³/mol. The Morgan fingerprint density at radius 2 is 0.837 bits per heavy atom. The molecule has 0 aromatic carbocycles. The number of aliphatic hydroxyl groups is 2. The van der Waals surface area contributed by atoms with Gasteiger partial charge in [0, 0.05) is 17.8 Å². The molecule has 0 aromatic rings. The number of hydrogen-bond acceptors (Lipinski definition) is 12. The number of aliphatic carboxylic acids is 6. The summed E-state index contributed by atoms with van der Waals surface area (Å²) in [4.78, 5) is 65.4. The Morgan fingerprint density at radius 3 is 0.977 bits per heavy atom. The van der Waals surface area contributed by atoms with Gasteiger partial charge in [-0.2, -0.15) is 0 Å². The molecule has 0 aliphatic heterocycles. The van der Waals surface area contributed by atoms with Crippen molar-refractivity contribution >= 4 is 35.8 Å². The summed E-state index contributed by atoms with van der Waals surface area (Å²) in [6.07, 6.45) is -4.22. The maximum Gasteiger partial charge on any atom is 4.00 e. The summed E-state index contributed by atoms with van der Waals surface area (Å²) in [6, 6.07) is 0. The molecule has 0 saturated carbocycles. The first-order chi connectivity index (χ1) is 18.8. The molecule has 248 valence electrons. The van der Waals surface area contributed by atoms with E-state index in [-0.39, 0.29) is 51.9 Å². The molecule has 0 radical (unpaired) electrons. The Bertz CT molecular complexity index is 818. The van der Waals surface area contributed by atoms with Crippen molar-refractivity contribution in [1.29, 1.82) is 0 Å². The average molecular weight is 704 g/mol. The summed E-state index contributed by atoms with van der Waals surface area (Å²) < 4.78 is 0. The van der Waals surface area contributed by atoms with Crippen LogP contribution in [0.1, 0.15) is 93.9 Å². The van der Waals surface area contributed by atoms with Crippen LogP contribution in [0.2, 0.25) is 0 Å². The first-order valence-electron chi connectivity index (χ1n) is 12.9. The number of carbonyl (C=O) groups is 6. The molecule has 0 amide bonds. The molecule has 6 N–H and O–H groups in total. The normalized spacial score (nSPS) is 13.5. The molecule has 16 nitrogen and oxygen atoms in total. The Morgan fingerprint density at radius 1 is 0.581 bits per heavy atom. The summed E-state index contributed by atoms with van der Waals surface area (Å²) in [5.41, 5.74) is -9.96. The van der Waals surface area contributed by atoms with Gasteiger partial charge in [0.15, 0.2) is 11.2 Å². The largest absolute Gasteiger partial charge is 4.00 e. The number of carboxylic acid groups (broad SMARTS) is 6. The standard InChI is InChI=1S/2C10H16O7.2C3H7O.Zr/c2*1-3-9(4-2,7(13)14)10(17,8(15)16)5-6(11)12;2*1-3(2)4;/h2*17H,3-5H2,1-2H3,(H,11,12)(H,13,14)(H,15,16);2*3H,1-2H3;/q;;2*-1;+4/p-2. The monoisotopic (exact) mass is 702 g/mol. The Balaban J connectivity index is -0.000000175. The number of rotatable bonds is 14. The second-order valence-electron chi connectivity index (χ2n) is 9.72. The smallest absolute Gasteiger partial charge is 0.852 e. The van der Waals surface area contributed by atoms with Crippen molar-refractivity contribution in [2.75, 3.05) is 0 Å². The summed E-state index contributed by atoms with van der Waals surface area (Å²) in [5.74, 6) is -10.5. The molecule has 0 heterocycles. The fraction of sp³-hybridized carbons (Fsp3) is 0.769. The second kappa shape index (κ2) is 22.1. The van der Waals surface area contributed by atoms with Crippen molar-refractivity contribution in [2.45, 2.75) is 117 Å². The predicted octanol–water partition coefficient (Wildman–Crippen LogP) is -2.83. The van der Waals surface area contributed by atoms with Crippen LogP contribution in [0.3, 0.4) is 0 Å². The molecule has 0 aliphatic rings. The molecule has 0 rings (SSSR count). The van der Waals surface area contributed by atoms with Crippen LogP contribution in [0.4, 0.5) is 0 Å².